The van der Waals surface area contributed by atoms with Gasteiger partial charge in [0.05, 0.1) is 29.2 Å². The molecule has 0 saturated carbocycles. The molecule has 1 unspecified atom stereocenters. The fourth-order valence-electron chi connectivity index (χ4n) is 2.33. The summed E-state index contributed by atoms with van der Waals surface area (Å²) in [5.41, 5.74) is 1.61. The van der Waals surface area contributed by atoms with Crippen LogP contribution in [0.5, 0.6) is 0 Å². The number of aliphatic hydroxyl groups excluding tert-OH is 1. The van der Waals surface area contributed by atoms with Gasteiger partial charge in [-0.3, -0.25) is 4.79 Å². The monoisotopic (exact) mass is 337 g/mol. The highest BCUT2D eigenvalue weighted by molar-refractivity contribution is 7.15. The lowest BCUT2D eigenvalue weighted by molar-refractivity contribution is 0.149. The van der Waals surface area contributed by atoms with Gasteiger partial charge in [-0.1, -0.05) is 12.1 Å². The molecule has 1 N–H and O–H groups in total. The molecule has 0 bridgehead atoms. The van der Waals surface area contributed by atoms with Gasteiger partial charge in [-0.05, 0) is 42.8 Å². The molecule has 120 valence electrons. The van der Waals surface area contributed by atoms with E-state index in [0.29, 0.717) is 16.8 Å². The maximum atomic E-state index is 12.0. The summed E-state index contributed by atoms with van der Waals surface area (Å²) in [5, 5.41) is 23.5. The first-order valence-corrected chi connectivity index (χ1v) is 8.21. The van der Waals surface area contributed by atoms with Crippen LogP contribution < -0.4 is 5.56 Å². The number of thiophene rings is 1. The summed E-state index contributed by atoms with van der Waals surface area (Å²) < 4.78 is 1.27. The van der Waals surface area contributed by atoms with Gasteiger partial charge in [0, 0.05) is 10.9 Å². The molecule has 0 saturated heterocycles. The molecule has 2 aromatic heterocycles. The quantitative estimate of drug-likeness (QED) is 0.794. The number of nitriles is 1. The van der Waals surface area contributed by atoms with Crippen molar-refractivity contribution >= 4 is 11.3 Å². The van der Waals surface area contributed by atoms with E-state index in [1.54, 1.807) is 41.7 Å². The third kappa shape index (κ3) is 3.43. The van der Waals surface area contributed by atoms with Crippen molar-refractivity contribution < 1.29 is 5.11 Å². The van der Waals surface area contributed by atoms with Crippen LogP contribution in [0.3, 0.4) is 0 Å². The number of aryl methyl sites for hydroxylation is 1. The smallest absolute Gasteiger partial charge is 0.266 e. The van der Waals surface area contributed by atoms with Crippen LogP contribution >= 0.6 is 11.3 Å². The predicted octanol–water partition coefficient (Wildman–Crippen LogP) is 2.89. The number of nitrogens with zero attached hydrogens (tertiary/aromatic N) is 3. The highest BCUT2D eigenvalue weighted by Crippen LogP contribution is 2.25. The summed E-state index contributed by atoms with van der Waals surface area (Å²) in [4.78, 5) is 14.2. The molecule has 0 radical (unpaired) electrons. The Morgan fingerprint density at radius 1 is 1.21 bits per heavy atom. The lowest BCUT2D eigenvalue weighted by Gasteiger charge is -2.13. The van der Waals surface area contributed by atoms with Crippen molar-refractivity contribution in [2.24, 2.45) is 0 Å². The summed E-state index contributed by atoms with van der Waals surface area (Å²) in [6, 6.07) is 15.8. The first-order valence-electron chi connectivity index (χ1n) is 7.40. The first kappa shape index (κ1) is 16.1. The van der Waals surface area contributed by atoms with E-state index < -0.39 is 6.10 Å². The van der Waals surface area contributed by atoms with Gasteiger partial charge in [-0.25, -0.2) is 4.68 Å². The standard InChI is InChI=1S/C18H15N3O2S/c1-12-2-8-17(24-12)15-7-9-18(23)21(20-15)11-16(22)14-5-3-13(10-19)4-6-14/h2-9,16,22H,11H2,1H3. The van der Waals surface area contributed by atoms with E-state index in [2.05, 4.69) is 5.10 Å². The minimum Gasteiger partial charge on any atom is -0.386 e. The van der Waals surface area contributed by atoms with E-state index in [9.17, 15) is 9.90 Å². The van der Waals surface area contributed by atoms with E-state index in [0.717, 1.165) is 4.88 Å². The molecule has 0 aliphatic heterocycles. The van der Waals surface area contributed by atoms with Crippen LogP contribution in [0.25, 0.3) is 10.6 Å². The third-order valence-corrected chi connectivity index (χ3v) is 4.65. The minimum absolute atomic E-state index is 0.0585. The molecule has 3 rings (SSSR count). The van der Waals surface area contributed by atoms with Crippen LogP contribution in [0.15, 0.2) is 53.3 Å². The topological polar surface area (TPSA) is 78.9 Å². The zero-order valence-electron chi connectivity index (χ0n) is 13.0. The molecular weight excluding hydrogens is 322 g/mol. The predicted molar refractivity (Wildman–Crippen MR) is 92.7 cm³/mol. The molecule has 0 spiro atoms. The maximum Gasteiger partial charge on any atom is 0.266 e. The summed E-state index contributed by atoms with van der Waals surface area (Å²) in [6.45, 7) is 2.07. The molecule has 1 atom stereocenters. The Hall–Kier alpha value is -2.75. The van der Waals surface area contributed by atoms with Crippen molar-refractivity contribution in [3.63, 3.8) is 0 Å². The van der Waals surface area contributed by atoms with Gasteiger partial charge in [-0.15, -0.1) is 11.3 Å². The average molecular weight is 337 g/mol. The normalized spacial score (nSPS) is 11.9. The summed E-state index contributed by atoms with van der Waals surface area (Å²) in [6.07, 6.45) is -0.872. The number of aromatic nitrogens is 2. The fourth-order valence-corrected chi connectivity index (χ4v) is 3.16. The zero-order chi connectivity index (χ0) is 17.1. The Balaban J connectivity index is 1.86. The number of hydrogen-bond acceptors (Lipinski definition) is 5. The van der Waals surface area contributed by atoms with Gasteiger partial charge in [0.2, 0.25) is 0 Å². The Kier molecular flexibility index (Phi) is 4.56. The number of aliphatic hydroxyl groups is 1. The molecule has 5 nitrogen and oxygen atoms in total. The van der Waals surface area contributed by atoms with Crippen LogP contribution in [0.4, 0.5) is 0 Å². The largest absolute Gasteiger partial charge is 0.386 e. The second kappa shape index (κ2) is 6.79. The second-order valence-corrected chi connectivity index (χ2v) is 6.69. The van der Waals surface area contributed by atoms with Crippen molar-refractivity contribution in [1.82, 2.24) is 9.78 Å². The van der Waals surface area contributed by atoms with Gasteiger partial charge >= 0.3 is 0 Å². The van der Waals surface area contributed by atoms with E-state index >= 15 is 0 Å². The average Bonchev–Trinajstić information content (AvgIpc) is 3.03. The molecule has 6 heteroatoms. The Morgan fingerprint density at radius 2 is 1.96 bits per heavy atom. The maximum absolute atomic E-state index is 12.0. The SMILES string of the molecule is Cc1ccc(-c2ccc(=O)n(CC(O)c3ccc(C#N)cc3)n2)s1. The number of rotatable bonds is 4. The van der Waals surface area contributed by atoms with Crippen molar-refractivity contribution in [3.8, 4) is 16.6 Å². The van der Waals surface area contributed by atoms with E-state index in [4.69, 9.17) is 5.26 Å². The van der Waals surface area contributed by atoms with Crippen molar-refractivity contribution in [2.75, 3.05) is 0 Å². The van der Waals surface area contributed by atoms with E-state index in [1.165, 1.54) is 15.6 Å². The summed E-state index contributed by atoms with van der Waals surface area (Å²) >= 11 is 1.60. The lowest BCUT2D eigenvalue weighted by atomic mass is 10.1. The van der Waals surface area contributed by atoms with Gasteiger partial charge in [0.15, 0.2) is 0 Å². The molecule has 3 aromatic rings. The van der Waals surface area contributed by atoms with Crippen LogP contribution in [-0.4, -0.2) is 14.9 Å². The minimum atomic E-state index is -0.872. The molecule has 24 heavy (non-hydrogen) atoms. The molecular formula is C18H15N3O2S. The van der Waals surface area contributed by atoms with Gasteiger partial charge in [0.1, 0.15) is 5.69 Å². The third-order valence-electron chi connectivity index (χ3n) is 3.63. The molecule has 1 aromatic carbocycles. The van der Waals surface area contributed by atoms with Gasteiger partial charge in [-0.2, -0.15) is 10.4 Å². The highest BCUT2D eigenvalue weighted by atomic mass is 32.1. The molecule has 0 aliphatic carbocycles. The summed E-state index contributed by atoms with van der Waals surface area (Å²) in [5.74, 6) is 0. The lowest BCUT2D eigenvalue weighted by Crippen LogP contribution is -2.25. The van der Waals surface area contributed by atoms with Crippen molar-refractivity contribution in [2.45, 2.75) is 19.6 Å². The molecule has 0 amide bonds. The van der Waals surface area contributed by atoms with Gasteiger partial charge in [0.25, 0.3) is 5.56 Å². The van der Waals surface area contributed by atoms with Crippen LogP contribution in [0.1, 0.15) is 22.1 Å². The summed E-state index contributed by atoms with van der Waals surface area (Å²) in [7, 11) is 0. The Labute approximate surface area is 143 Å². The van der Waals surface area contributed by atoms with Crippen LogP contribution in [-0.2, 0) is 6.54 Å². The van der Waals surface area contributed by atoms with Crippen LogP contribution in [0, 0.1) is 18.3 Å². The Bertz CT molecular complexity index is 951. The van der Waals surface area contributed by atoms with E-state index in [1.807, 2.05) is 25.1 Å². The van der Waals surface area contributed by atoms with Crippen LogP contribution in [0.2, 0.25) is 0 Å². The first-order chi connectivity index (χ1) is 11.6. The van der Waals surface area contributed by atoms with Crippen molar-refractivity contribution in [1.29, 1.82) is 5.26 Å². The highest BCUT2D eigenvalue weighted by Gasteiger charge is 2.12. The second-order valence-electron chi connectivity index (χ2n) is 5.40. The Morgan fingerprint density at radius 3 is 2.58 bits per heavy atom. The van der Waals surface area contributed by atoms with Gasteiger partial charge < -0.3 is 5.11 Å². The van der Waals surface area contributed by atoms with E-state index in [-0.39, 0.29) is 12.1 Å². The molecule has 0 aliphatic rings. The number of hydrogen-bond donors (Lipinski definition) is 1. The molecule has 0 fully saturated rings. The number of benzene rings is 1. The zero-order valence-corrected chi connectivity index (χ0v) is 13.8. The van der Waals surface area contributed by atoms with Crippen molar-refractivity contribution in [3.05, 3.63) is 74.9 Å². The fraction of sp³-hybridized carbons (Fsp3) is 0.167. The molecule has 2 heterocycles.